The van der Waals surface area contributed by atoms with Crippen LogP contribution in [0.1, 0.15) is 27.7 Å². The number of fused-ring (bicyclic) bond motifs is 1. The minimum absolute atomic E-state index is 0.311. The molecule has 2 aromatic carbocycles. The first-order valence-electron chi connectivity index (χ1n) is 12.7. The van der Waals surface area contributed by atoms with Crippen molar-refractivity contribution in [2.24, 2.45) is 0 Å². The highest BCUT2D eigenvalue weighted by molar-refractivity contribution is 7.15. The summed E-state index contributed by atoms with van der Waals surface area (Å²) in [6, 6.07) is 19.5. The molecule has 0 atom stereocenters. The van der Waals surface area contributed by atoms with Crippen molar-refractivity contribution < 1.29 is 19.0 Å². The van der Waals surface area contributed by atoms with Crippen LogP contribution in [0.2, 0.25) is 0 Å². The van der Waals surface area contributed by atoms with E-state index in [0.29, 0.717) is 31.1 Å². The molecule has 0 aliphatic carbocycles. The summed E-state index contributed by atoms with van der Waals surface area (Å²) < 4.78 is 16.0. The molecule has 0 aliphatic rings. The number of benzene rings is 2. The van der Waals surface area contributed by atoms with Crippen LogP contribution in [0.4, 0.5) is 11.6 Å². The van der Waals surface area contributed by atoms with Gasteiger partial charge in [-0.1, -0.05) is 6.07 Å². The molecule has 40 heavy (non-hydrogen) atoms. The smallest absolute Gasteiger partial charge is 0.341 e. The van der Waals surface area contributed by atoms with Crippen LogP contribution in [0.5, 0.6) is 11.5 Å². The molecule has 3 aromatic heterocycles. The van der Waals surface area contributed by atoms with Gasteiger partial charge in [-0.25, -0.2) is 19.7 Å². The zero-order valence-electron chi connectivity index (χ0n) is 22.4. The highest BCUT2D eigenvalue weighted by atomic mass is 32.1. The van der Waals surface area contributed by atoms with E-state index < -0.39 is 5.97 Å². The topological polar surface area (TPSA) is 107 Å². The minimum atomic E-state index is -0.391. The molecule has 0 saturated heterocycles. The van der Waals surface area contributed by atoms with Crippen LogP contribution < -0.4 is 20.1 Å². The molecule has 0 fully saturated rings. The predicted octanol–water partition coefficient (Wildman–Crippen LogP) is 6.17. The number of nitrogens with one attached hydrogen (secondary N) is 2. The summed E-state index contributed by atoms with van der Waals surface area (Å²) in [5, 5.41) is 7.63. The Morgan fingerprint density at radius 3 is 2.60 bits per heavy atom. The summed E-state index contributed by atoms with van der Waals surface area (Å²) in [5.41, 5.74) is 3.32. The lowest BCUT2D eigenvalue weighted by molar-refractivity contribution is 0.0527. The lowest BCUT2D eigenvalue weighted by Gasteiger charge is -2.13. The Labute approximate surface area is 236 Å². The second kappa shape index (κ2) is 12.4. The lowest BCUT2D eigenvalue weighted by atomic mass is 10.1. The second-order valence-electron chi connectivity index (χ2n) is 8.73. The lowest BCUT2D eigenvalue weighted by Crippen LogP contribution is -2.10. The molecule has 0 aliphatic heterocycles. The van der Waals surface area contributed by atoms with Crippen LogP contribution in [0.25, 0.3) is 21.3 Å². The summed E-state index contributed by atoms with van der Waals surface area (Å²) >= 11 is 1.67. The number of aromatic nitrogens is 3. The quantitative estimate of drug-likeness (QED) is 0.185. The van der Waals surface area contributed by atoms with Gasteiger partial charge in [0, 0.05) is 39.5 Å². The Kier molecular flexibility index (Phi) is 8.36. The normalized spacial score (nSPS) is 10.8. The summed E-state index contributed by atoms with van der Waals surface area (Å²) in [5.74, 6) is 2.33. The van der Waals surface area contributed by atoms with Gasteiger partial charge in [0.25, 0.3) is 0 Å². The number of hydrogen-bond acceptors (Lipinski definition) is 10. The molecule has 0 amide bonds. The van der Waals surface area contributed by atoms with E-state index in [1.165, 1.54) is 0 Å². The van der Waals surface area contributed by atoms with Crippen LogP contribution in [0, 0.1) is 0 Å². The molecule has 2 N–H and O–H groups in total. The minimum Gasteiger partial charge on any atom is -0.497 e. The fourth-order valence-corrected chi connectivity index (χ4v) is 5.19. The van der Waals surface area contributed by atoms with Gasteiger partial charge in [-0.15, -0.1) is 11.3 Å². The Bertz CT molecular complexity index is 1640. The van der Waals surface area contributed by atoms with Crippen LogP contribution >= 0.6 is 11.3 Å². The van der Waals surface area contributed by atoms with Crippen molar-refractivity contribution in [3.05, 3.63) is 89.2 Å². The third-order valence-corrected chi connectivity index (χ3v) is 7.39. The van der Waals surface area contributed by atoms with Crippen LogP contribution in [-0.2, 0) is 17.8 Å². The summed E-state index contributed by atoms with van der Waals surface area (Å²) in [6.07, 6.45) is 3.21. The molecule has 10 heteroatoms. The van der Waals surface area contributed by atoms with Gasteiger partial charge in [0.2, 0.25) is 0 Å². The van der Waals surface area contributed by atoms with E-state index in [4.69, 9.17) is 14.2 Å². The Morgan fingerprint density at radius 1 is 0.900 bits per heavy atom. The maximum Gasteiger partial charge on any atom is 0.341 e. The number of pyridine rings is 1. The molecule has 5 aromatic rings. The van der Waals surface area contributed by atoms with Gasteiger partial charge in [0.15, 0.2) is 0 Å². The van der Waals surface area contributed by atoms with Crippen molar-refractivity contribution in [1.29, 1.82) is 0 Å². The number of carbonyl (C=O) groups is 1. The molecule has 0 spiro atoms. The van der Waals surface area contributed by atoms with Gasteiger partial charge in [-0.3, -0.25) is 0 Å². The van der Waals surface area contributed by atoms with Crippen LogP contribution in [0.3, 0.4) is 0 Å². The van der Waals surface area contributed by atoms with Gasteiger partial charge in [0.05, 0.1) is 32.9 Å². The van der Waals surface area contributed by atoms with Crippen molar-refractivity contribution in [2.45, 2.75) is 20.0 Å². The van der Waals surface area contributed by atoms with Crippen molar-refractivity contribution >= 4 is 39.8 Å². The zero-order chi connectivity index (χ0) is 27.9. The van der Waals surface area contributed by atoms with E-state index in [1.54, 1.807) is 57.1 Å². The molecule has 3 heterocycles. The molecule has 204 valence electrons. The first-order valence-corrected chi connectivity index (χ1v) is 13.6. The molecular formula is C30H29N5O4S. The first-order chi connectivity index (χ1) is 19.6. The van der Waals surface area contributed by atoms with Gasteiger partial charge in [-0.2, -0.15) is 0 Å². The molecule has 5 rings (SSSR count). The van der Waals surface area contributed by atoms with Gasteiger partial charge in [0.1, 0.15) is 35.0 Å². The summed E-state index contributed by atoms with van der Waals surface area (Å²) in [4.78, 5) is 27.8. The Balaban J connectivity index is 1.33. The molecule has 0 bridgehead atoms. The number of esters is 1. The number of rotatable bonds is 11. The van der Waals surface area contributed by atoms with Gasteiger partial charge >= 0.3 is 5.97 Å². The molecule has 0 unspecified atom stereocenters. The van der Waals surface area contributed by atoms with Crippen LogP contribution in [-0.4, -0.2) is 41.7 Å². The zero-order valence-corrected chi connectivity index (χ0v) is 23.2. The fraction of sp³-hybridized carbons (Fsp3) is 0.200. The maximum atomic E-state index is 12.3. The average Bonchev–Trinajstić information content (AvgIpc) is 3.48. The third-order valence-electron chi connectivity index (χ3n) is 6.26. The van der Waals surface area contributed by atoms with Gasteiger partial charge in [-0.05, 0) is 61.0 Å². The van der Waals surface area contributed by atoms with Crippen molar-refractivity contribution in [3.8, 4) is 21.9 Å². The number of nitrogens with zero attached hydrogens (tertiary/aromatic N) is 3. The number of ether oxygens (including phenoxy) is 3. The number of thiophene rings is 1. The summed E-state index contributed by atoms with van der Waals surface area (Å²) in [6.45, 7) is 3.15. The van der Waals surface area contributed by atoms with Gasteiger partial charge < -0.3 is 24.8 Å². The largest absolute Gasteiger partial charge is 0.497 e. The van der Waals surface area contributed by atoms with Crippen LogP contribution in [0.15, 0.2) is 73.2 Å². The maximum absolute atomic E-state index is 12.3. The highest BCUT2D eigenvalue weighted by Gasteiger charge is 2.14. The monoisotopic (exact) mass is 555 g/mol. The van der Waals surface area contributed by atoms with E-state index >= 15 is 0 Å². The van der Waals surface area contributed by atoms with Crippen molar-refractivity contribution in [3.63, 3.8) is 0 Å². The Hall–Kier alpha value is -4.70. The second-order valence-corrected chi connectivity index (χ2v) is 9.89. The van der Waals surface area contributed by atoms with E-state index in [-0.39, 0.29) is 0 Å². The van der Waals surface area contributed by atoms with E-state index in [0.717, 1.165) is 49.1 Å². The molecule has 9 nitrogen and oxygen atoms in total. The SMILES string of the molecule is CCOC(=O)c1cccnc1NCc1ccc(-c2ccc3ncnc(NCc4ccc(OC)cc4OC)c3c2)s1. The third kappa shape index (κ3) is 5.97. The Morgan fingerprint density at radius 2 is 1.77 bits per heavy atom. The number of hydrogen-bond donors (Lipinski definition) is 2. The molecular weight excluding hydrogens is 526 g/mol. The van der Waals surface area contributed by atoms with E-state index in [1.807, 2.05) is 24.3 Å². The molecule has 0 radical (unpaired) electrons. The standard InChI is InChI=1S/C30H29N5O4S/c1-4-39-30(36)23-6-5-13-31-28(23)33-17-22-10-12-27(40-22)19-8-11-25-24(14-19)29(35-18-34-25)32-16-20-7-9-21(37-2)15-26(20)38-3/h5-15,18H,4,16-17H2,1-3H3,(H,31,33)(H,32,34,35). The van der Waals surface area contributed by atoms with E-state index in [2.05, 4.69) is 49.9 Å². The summed E-state index contributed by atoms with van der Waals surface area (Å²) in [7, 11) is 3.28. The first kappa shape index (κ1) is 26.9. The number of carbonyl (C=O) groups excluding carboxylic acids is 1. The average molecular weight is 556 g/mol. The number of anilines is 2. The van der Waals surface area contributed by atoms with Crippen molar-refractivity contribution in [2.75, 3.05) is 31.5 Å². The predicted molar refractivity (Wildman–Crippen MR) is 157 cm³/mol. The highest BCUT2D eigenvalue weighted by Crippen LogP contribution is 2.33. The van der Waals surface area contributed by atoms with Crippen molar-refractivity contribution in [1.82, 2.24) is 15.0 Å². The van der Waals surface area contributed by atoms with E-state index in [9.17, 15) is 4.79 Å². The molecule has 0 saturated carbocycles. The fourth-order valence-electron chi connectivity index (χ4n) is 4.25. The number of methoxy groups -OCH3 is 2.